The van der Waals surface area contributed by atoms with Crippen molar-refractivity contribution < 1.29 is 4.84 Å². The van der Waals surface area contributed by atoms with E-state index in [2.05, 4.69) is 42.3 Å². The molecule has 0 heterocycles. The molecule has 0 saturated heterocycles. The molecule has 1 aliphatic carbocycles. The molecule has 0 amide bonds. The highest BCUT2D eigenvalue weighted by Gasteiger charge is 2.19. The zero-order valence-corrected chi connectivity index (χ0v) is 10.9. The van der Waals surface area contributed by atoms with Gasteiger partial charge in [0, 0.05) is 0 Å². The van der Waals surface area contributed by atoms with Crippen LogP contribution in [0.2, 0.25) is 0 Å². The molecule has 0 spiro atoms. The Morgan fingerprint density at radius 1 is 1.28 bits per heavy atom. The van der Waals surface area contributed by atoms with Crippen molar-refractivity contribution in [3.63, 3.8) is 0 Å². The maximum absolute atomic E-state index is 5.11. The topological polar surface area (TPSA) is 21.6 Å². The van der Waals surface area contributed by atoms with E-state index < -0.39 is 0 Å². The van der Waals surface area contributed by atoms with Crippen LogP contribution in [0, 0.1) is 19.3 Å². The molecule has 94 valence electrons. The molecule has 1 aromatic rings. The van der Waals surface area contributed by atoms with Crippen molar-refractivity contribution in [2.45, 2.75) is 38.5 Å². The Labute approximate surface area is 109 Å². The summed E-state index contributed by atoms with van der Waals surface area (Å²) in [5.41, 5.74) is 3.91. The van der Waals surface area contributed by atoms with Crippen molar-refractivity contribution in [2.24, 2.45) is 5.16 Å². The average molecular weight is 241 g/mol. The summed E-state index contributed by atoms with van der Waals surface area (Å²) in [6.07, 6.45) is 9.45. The molecule has 2 rings (SSSR count). The molecule has 2 nitrogen and oxygen atoms in total. The van der Waals surface area contributed by atoms with E-state index in [1.807, 2.05) is 0 Å². The smallest absolute Gasteiger partial charge is 0.177 e. The molecular weight excluding hydrogens is 222 g/mol. The lowest BCUT2D eigenvalue weighted by Crippen LogP contribution is -2.13. The van der Waals surface area contributed by atoms with Gasteiger partial charge in [-0.15, -0.1) is 6.42 Å². The molecule has 0 bridgehead atoms. The second-order valence-corrected chi connectivity index (χ2v) is 4.82. The Morgan fingerprint density at radius 2 is 1.94 bits per heavy atom. The van der Waals surface area contributed by atoms with Crippen LogP contribution in [-0.2, 0) is 4.84 Å². The summed E-state index contributed by atoms with van der Waals surface area (Å²) in [6.45, 7) is 2.39. The maximum Gasteiger partial charge on any atom is 0.177 e. The summed E-state index contributed by atoms with van der Waals surface area (Å²) < 4.78 is 0. The van der Waals surface area contributed by atoms with Crippen molar-refractivity contribution in [3.05, 3.63) is 35.4 Å². The summed E-state index contributed by atoms with van der Waals surface area (Å²) in [5.74, 6) is 3.08. The Bertz CT molecular complexity index is 443. The largest absolute Gasteiger partial charge is 0.383 e. The van der Waals surface area contributed by atoms with Gasteiger partial charge in [0.05, 0.1) is 5.71 Å². The van der Waals surface area contributed by atoms with E-state index in [1.165, 1.54) is 11.1 Å². The molecule has 0 aromatic heterocycles. The number of hydrogen-bond acceptors (Lipinski definition) is 2. The SMILES string of the molecule is C#CCON=C1CCC(c2ccc(C)cc2)CC1. The van der Waals surface area contributed by atoms with Crippen LogP contribution in [-0.4, -0.2) is 12.3 Å². The van der Waals surface area contributed by atoms with Gasteiger partial charge in [0.15, 0.2) is 6.61 Å². The molecule has 0 atom stereocenters. The summed E-state index contributed by atoms with van der Waals surface area (Å²) >= 11 is 0. The predicted octanol–water partition coefficient (Wildman–Crippen LogP) is 3.66. The van der Waals surface area contributed by atoms with E-state index in [0.717, 1.165) is 31.4 Å². The van der Waals surface area contributed by atoms with Crippen molar-refractivity contribution in [3.8, 4) is 12.3 Å². The summed E-state index contributed by atoms with van der Waals surface area (Å²) in [7, 11) is 0. The molecular formula is C16H19NO. The van der Waals surface area contributed by atoms with Gasteiger partial charge in [0.25, 0.3) is 0 Å². The Kier molecular flexibility index (Phi) is 4.41. The minimum absolute atomic E-state index is 0.269. The van der Waals surface area contributed by atoms with Gasteiger partial charge in [-0.2, -0.15) is 0 Å². The van der Waals surface area contributed by atoms with E-state index in [4.69, 9.17) is 11.3 Å². The third-order valence-corrected chi connectivity index (χ3v) is 3.45. The third-order valence-electron chi connectivity index (χ3n) is 3.45. The molecule has 1 saturated carbocycles. The Hall–Kier alpha value is -1.75. The van der Waals surface area contributed by atoms with Gasteiger partial charge in [-0.3, -0.25) is 0 Å². The zero-order chi connectivity index (χ0) is 12.8. The molecule has 2 heteroatoms. The highest BCUT2D eigenvalue weighted by Crippen LogP contribution is 2.31. The first kappa shape index (κ1) is 12.7. The first-order valence-corrected chi connectivity index (χ1v) is 6.47. The van der Waals surface area contributed by atoms with Crippen LogP contribution in [0.5, 0.6) is 0 Å². The number of rotatable bonds is 3. The zero-order valence-electron chi connectivity index (χ0n) is 10.9. The molecule has 0 radical (unpaired) electrons. The van der Waals surface area contributed by atoms with Gasteiger partial charge in [-0.05, 0) is 44.1 Å². The van der Waals surface area contributed by atoms with Gasteiger partial charge in [-0.25, -0.2) is 0 Å². The summed E-state index contributed by atoms with van der Waals surface area (Å²) in [5, 5.41) is 4.09. The standard InChI is InChI=1S/C16H19NO/c1-3-12-18-17-16-10-8-15(9-11-16)14-6-4-13(2)5-7-14/h1,4-7,15H,8-12H2,2H3. The number of oxime groups is 1. The molecule has 0 N–H and O–H groups in total. The number of terminal acetylenes is 1. The van der Waals surface area contributed by atoms with Crippen LogP contribution in [0.4, 0.5) is 0 Å². The molecule has 0 aliphatic heterocycles. The lowest BCUT2D eigenvalue weighted by Gasteiger charge is -2.23. The predicted molar refractivity (Wildman–Crippen MR) is 74.6 cm³/mol. The quantitative estimate of drug-likeness (QED) is 0.449. The highest BCUT2D eigenvalue weighted by atomic mass is 16.6. The highest BCUT2D eigenvalue weighted by molar-refractivity contribution is 5.84. The Balaban J connectivity index is 1.88. The van der Waals surface area contributed by atoms with Gasteiger partial charge in [0.2, 0.25) is 0 Å². The first-order chi connectivity index (χ1) is 8.79. The average Bonchev–Trinajstić information content (AvgIpc) is 2.41. The van der Waals surface area contributed by atoms with E-state index in [-0.39, 0.29) is 6.61 Å². The monoisotopic (exact) mass is 241 g/mol. The van der Waals surface area contributed by atoms with E-state index >= 15 is 0 Å². The lowest BCUT2D eigenvalue weighted by molar-refractivity contribution is 0.177. The minimum atomic E-state index is 0.269. The fraction of sp³-hybridized carbons (Fsp3) is 0.438. The van der Waals surface area contributed by atoms with Crippen LogP contribution in [0.25, 0.3) is 0 Å². The van der Waals surface area contributed by atoms with Crippen molar-refractivity contribution in [1.82, 2.24) is 0 Å². The number of hydrogen-bond donors (Lipinski definition) is 0. The number of benzene rings is 1. The van der Waals surface area contributed by atoms with E-state index in [0.29, 0.717) is 5.92 Å². The molecule has 1 aromatic carbocycles. The third kappa shape index (κ3) is 3.37. The van der Waals surface area contributed by atoms with Crippen LogP contribution in [0.15, 0.2) is 29.4 Å². The van der Waals surface area contributed by atoms with Crippen LogP contribution in [0.3, 0.4) is 0 Å². The second-order valence-electron chi connectivity index (χ2n) is 4.82. The number of aryl methyl sites for hydroxylation is 1. The summed E-state index contributed by atoms with van der Waals surface area (Å²) in [4.78, 5) is 5.03. The fourth-order valence-corrected chi connectivity index (χ4v) is 2.38. The summed E-state index contributed by atoms with van der Waals surface area (Å²) in [6, 6.07) is 8.87. The normalized spacial score (nSPS) is 19.1. The van der Waals surface area contributed by atoms with Crippen LogP contribution < -0.4 is 0 Å². The lowest BCUT2D eigenvalue weighted by atomic mass is 9.83. The van der Waals surface area contributed by atoms with Gasteiger partial charge in [-0.1, -0.05) is 40.9 Å². The van der Waals surface area contributed by atoms with Crippen LogP contribution in [0.1, 0.15) is 42.7 Å². The van der Waals surface area contributed by atoms with E-state index in [9.17, 15) is 0 Å². The Morgan fingerprint density at radius 3 is 2.56 bits per heavy atom. The van der Waals surface area contributed by atoms with Crippen molar-refractivity contribution in [1.29, 1.82) is 0 Å². The van der Waals surface area contributed by atoms with Crippen molar-refractivity contribution >= 4 is 5.71 Å². The maximum atomic E-state index is 5.11. The fourth-order valence-electron chi connectivity index (χ4n) is 2.38. The molecule has 0 unspecified atom stereocenters. The van der Waals surface area contributed by atoms with Crippen molar-refractivity contribution in [2.75, 3.05) is 6.61 Å². The van der Waals surface area contributed by atoms with E-state index in [1.54, 1.807) is 0 Å². The first-order valence-electron chi connectivity index (χ1n) is 6.47. The second kappa shape index (κ2) is 6.26. The van der Waals surface area contributed by atoms with Gasteiger partial charge < -0.3 is 4.84 Å². The van der Waals surface area contributed by atoms with Gasteiger partial charge >= 0.3 is 0 Å². The minimum Gasteiger partial charge on any atom is -0.383 e. The number of nitrogens with zero attached hydrogens (tertiary/aromatic N) is 1. The van der Waals surface area contributed by atoms with Gasteiger partial charge in [0.1, 0.15) is 0 Å². The van der Waals surface area contributed by atoms with Crippen LogP contribution >= 0.6 is 0 Å². The molecule has 1 fully saturated rings. The molecule has 1 aliphatic rings. The molecule has 18 heavy (non-hydrogen) atoms.